The Balaban J connectivity index is 2.06. The van der Waals surface area contributed by atoms with Crippen LogP contribution in [0, 0.1) is 29.6 Å². The van der Waals surface area contributed by atoms with Crippen molar-refractivity contribution in [3.63, 3.8) is 0 Å². The molecule has 140 valence electrons. The van der Waals surface area contributed by atoms with Crippen LogP contribution in [0.15, 0.2) is 22.9 Å². The zero-order valence-corrected chi connectivity index (χ0v) is 14.6. The molecule has 2 rings (SSSR count). The first-order valence-corrected chi connectivity index (χ1v) is 7.69. The number of carbonyl (C=O) groups excluding carboxylic acids is 2. The van der Waals surface area contributed by atoms with Crippen LogP contribution in [0.2, 0.25) is 0 Å². The second-order valence-electron chi connectivity index (χ2n) is 6.45. The minimum absolute atomic E-state index is 0.0390. The Labute approximate surface area is 148 Å². The first kappa shape index (κ1) is 19.3. The van der Waals surface area contributed by atoms with Crippen LogP contribution in [-0.2, 0) is 32.3 Å². The summed E-state index contributed by atoms with van der Waals surface area (Å²) in [5.41, 5.74) is -1.25. The zero-order chi connectivity index (χ0) is 19.6. The highest BCUT2D eigenvalue weighted by atomic mass is 19.1. The van der Waals surface area contributed by atoms with Crippen molar-refractivity contribution in [3.05, 3.63) is 28.6 Å². The van der Waals surface area contributed by atoms with E-state index in [1.54, 1.807) is 13.8 Å². The molecule has 8 nitrogen and oxygen atoms in total. The Bertz CT molecular complexity index is 858. The highest BCUT2D eigenvalue weighted by Gasteiger charge is 2.62. The molecule has 0 bridgehead atoms. The minimum atomic E-state index is -1.12. The summed E-state index contributed by atoms with van der Waals surface area (Å²) in [5.74, 6) is -2.26. The molecule has 1 aliphatic rings. The van der Waals surface area contributed by atoms with E-state index >= 15 is 0 Å². The molecular weight excluding hydrogens is 347 g/mol. The van der Waals surface area contributed by atoms with Gasteiger partial charge in [0.25, 0.3) is 0 Å². The van der Waals surface area contributed by atoms with Crippen molar-refractivity contribution in [3.8, 4) is 18.2 Å². The van der Waals surface area contributed by atoms with Crippen molar-refractivity contribution in [2.75, 3.05) is 7.11 Å². The third-order valence-corrected chi connectivity index (χ3v) is 4.49. The average Bonchev–Trinajstić information content (AvgIpc) is 3.01. The minimum Gasteiger partial charge on any atom is -0.493 e. The number of hydrogen-bond donors (Lipinski definition) is 1. The summed E-state index contributed by atoms with van der Waals surface area (Å²) in [6, 6.07) is 0. The van der Waals surface area contributed by atoms with Crippen LogP contribution < -0.4 is 5.69 Å². The molecule has 1 fully saturated rings. The van der Waals surface area contributed by atoms with Gasteiger partial charge in [-0.05, 0) is 17.4 Å². The Morgan fingerprint density at radius 2 is 2.15 bits per heavy atom. The summed E-state index contributed by atoms with van der Waals surface area (Å²) < 4.78 is 24.9. The lowest BCUT2D eigenvalue weighted by atomic mass is 10.1. The summed E-state index contributed by atoms with van der Waals surface area (Å²) >= 11 is 0. The Kier molecular flexibility index (Phi) is 5.25. The molecule has 1 aliphatic carbocycles. The number of imidazole rings is 1. The molecule has 0 saturated heterocycles. The monoisotopic (exact) mass is 366 g/mol. The van der Waals surface area contributed by atoms with Crippen molar-refractivity contribution in [1.29, 1.82) is 0 Å². The van der Waals surface area contributed by atoms with E-state index in [2.05, 4.69) is 10.7 Å². The number of aromatic hydroxyl groups is 1. The fourth-order valence-corrected chi connectivity index (χ4v) is 2.83. The van der Waals surface area contributed by atoms with Gasteiger partial charge in [-0.1, -0.05) is 19.8 Å². The van der Waals surface area contributed by atoms with Gasteiger partial charge in [0.15, 0.2) is 6.73 Å². The first-order valence-electron chi connectivity index (χ1n) is 7.69. The van der Waals surface area contributed by atoms with Gasteiger partial charge in [-0.3, -0.25) is 9.36 Å². The highest BCUT2D eigenvalue weighted by Crippen LogP contribution is 2.59. The number of rotatable bonds is 6. The number of allylic oxidation sites excluding steroid dienone is 1. The number of carbonyl (C=O) groups is 2. The number of hydrogen-bond acceptors (Lipinski definition) is 6. The van der Waals surface area contributed by atoms with Gasteiger partial charge < -0.3 is 14.6 Å². The highest BCUT2D eigenvalue weighted by molar-refractivity contribution is 5.86. The van der Waals surface area contributed by atoms with Crippen LogP contribution in [0.3, 0.4) is 0 Å². The van der Waals surface area contributed by atoms with Crippen molar-refractivity contribution >= 4 is 11.9 Å². The number of aromatic nitrogens is 2. The predicted molar refractivity (Wildman–Crippen MR) is 87.2 cm³/mol. The van der Waals surface area contributed by atoms with Crippen LogP contribution in [0.25, 0.3) is 0 Å². The van der Waals surface area contributed by atoms with Crippen LogP contribution >= 0.6 is 0 Å². The second-order valence-corrected chi connectivity index (χ2v) is 6.45. The maximum absolute atomic E-state index is 13.6. The fourth-order valence-electron chi connectivity index (χ4n) is 2.83. The van der Waals surface area contributed by atoms with E-state index < -0.39 is 53.3 Å². The predicted octanol–water partition coefficient (Wildman–Crippen LogP) is 0.788. The van der Waals surface area contributed by atoms with Gasteiger partial charge in [-0.15, -0.1) is 6.42 Å². The molecule has 1 N–H and O–H groups in total. The number of esters is 2. The zero-order valence-electron chi connectivity index (χ0n) is 14.6. The molecule has 1 saturated carbocycles. The molecule has 0 radical (unpaired) electrons. The van der Waals surface area contributed by atoms with E-state index in [0.29, 0.717) is 0 Å². The van der Waals surface area contributed by atoms with E-state index in [1.165, 1.54) is 0 Å². The SMILES string of the molecule is C#CCn1cc(O)n(COC(=O)[C@@H]2[C@H](C=C(F)C(=O)OC)C2(C)C)c1=O. The number of terminal acetylenes is 1. The number of nitrogens with zero attached hydrogens (tertiary/aromatic N) is 2. The molecule has 0 unspecified atom stereocenters. The molecule has 1 aromatic heterocycles. The van der Waals surface area contributed by atoms with Crippen molar-refractivity contribution < 1.29 is 28.6 Å². The van der Waals surface area contributed by atoms with Crippen LogP contribution in [-0.4, -0.2) is 33.3 Å². The second kappa shape index (κ2) is 7.07. The normalized spacial score (nSPS) is 21.0. The van der Waals surface area contributed by atoms with Gasteiger partial charge in [-0.25, -0.2) is 14.2 Å². The number of methoxy groups -OCH3 is 1. The van der Waals surface area contributed by atoms with Gasteiger partial charge in [0, 0.05) is 0 Å². The van der Waals surface area contributed by atoms with E-state index in [1.807, 2.05) is 0 Å². The summed E-state index contributed by atoms with van der Waals surface area (Å²) in [6.45, 7) is 2.89. The average molecular weight is 366 g/mol. The van der Waals surface area contributed by atoms with Gasteiger partial charge in [-0.2, -0.15) is 4.39 Å². The molecular formula is C17H19FN2O6. The Morgan fingerprint density at radius 3 is 2.73 bits per heavy atom. The van der Waals surface area contributed by atoms with E-state index in [0.717, 1.165) is 28.5 Å². The largest absolute Gasteiger partial charge is 0.493 e. The van der Waals surface area contributed by atoms with E-state index in [4.69, 9.17) is 11.2 Å². The smallest absolute Gasteiger partial charge is 0.366 e. The Morgan fingerprint density at radius 1 is 1.50 bits per heavy atom. The molecule has 1 aromatic rings. The molecule has 0 spiro atoms. The lowest BCUT2D eigenvalue weighted by Crippen LogP contribution is -2.26. The third kappa shape index (κ3) is 3.49. The van der Waals surface area contributed by atoms with Crippen LogP contribution in [0.1, 0.15) is 13.8 Å². The van der Waals surface area contributed by atoms with Gasteiger partial charge in [0.2, 0.25) is 11.7 Å². The molecule has 9 heteroatoms. The lowest BCUT2D eigenvalue weighted by Gasteiger charge is -2.06. The topological polar surface area (TPSA) is 99.8 Å². The van der Waals surface area contributed by atoms with Crippen LogP contribution in [0.5, 0.6) is 5.88 Å². The summed E-state index contributed by atoms with van der Waals surface area (Å²) in [6.07, 6.45) is 7.29. The molecule has 0 aliphatic heterocycles. The van der Waals surface area contributed by atoms with Crippen molar-refractivity contribution in [2.24, 2.45) is 17.3 Å². The quantitative estimate of drug-likeness (QED) is 0.454. The first-order chi connectivity index (χ1) is 12.1. The summed E-state index contributed by atoms with van der Waals surface area (Å²) in [4.78, 5) is 35.4. The van der Waals surface area contributed by atoms with Crippen molar-refractivity contribution in [2.45, 2.75) is 27.1 Å². The van der Waals surface area contributed by atoms with E-state index in [9.17, 15) is 23.9 Å². The standard InChI is InChI=1S/C17H19FN2O6/c1-5-6-19-8-12(21)20(16(19)24)9-26-15(23)13-10(17(13,2)3)7-11(18)14(22)25-4/h1,7-8,10,13,21H,6,9H2,2-4H3/t10-,13-/m0/s1. The van der Waals surface area contributed by atoms with Gasteiger partial charge in [0.1, 0.15) is 0 Å². The van der Waals surface area contributed by atoms with Crippen LogP contribution in [0.4, 0.5) is 4.39 Å². The molecule has 0 amide bonds. The number of halogens is 1. The Hall–Kier alpha value is -3.02. The third-order valence-electron chi connectivity index (χ3n) is 4.49. The number of ether oxygens (including phenoxy) is 2. The molecule has 26 heavy (non-hydrogen) atoms. The van der Waals surface area contributed by atoms with Gasteiger partial charge >= 0.3 is 17.6 Å². The summed E-state index contributed by atoms with van der Waals surface area (Å²) in [7, 11) is 1.05. The molecule has 1 heterocycles. The van der Waals surface area contributed by atoms with Gasteiger partial charge in [0.05, 0.1) is 25.8 Å². The maximum atomic E-state index is 13.6. The molecule has 0 aromatic carbocycles. The van der Waals surface area contributed by atoms with Crippen molar-refractivity contribution in [1.82, 2.24) is 9.13 Å². The fraction of sp³-hybridized carbons (Fsp3) is 0.471. The maximum Gasteiger partial charge on any atom is 0.366 e. The lowest BCUT2D eigenvalue weighted by molar-refractivity contribution is -0.150. The summed E-state index contributed by atoms with van der Waals surface area (Å²) in [5, 5.41) is 9.74. The van der Waals surface area contributed by atoms with E-state index in [-0.39, 0.29) is 6.54 Å². The molecule has 2 atom stereocenters.